The van der Waals surface area contributed by atoms with Gasteiger partial charge in [-0.3, -0.25) is 9.69 Å². The van der Waals surface area contributed by atoms with Gasteiger partial charge in [0, 0.05) is 43.9 Å². The summed E-state index contributed by atoms with van der Waals surface area (Å²) in [5.41, 5.74) is 5.02. The first-order valence-corrected chi connectivity index (χ1v) is 11.4. The Kier molecular flexibility index (Phi) is 8.35. The molecule has 1 aliphatic heterocycles. The number of piperazine rings is 1. The van der Waals surface area contributed by atoms with Gasteiger partial charge < -0.3 is 4.90 Å². The summed E-state index contributed by atoms with van der Waals surface area (Å²) in [4.78, 5) is 17.6. The standard InChI is InChI=1S/C26H34N2O.ClH/c1-21-7-2-5-10-25(21)28-19-17-27(18-20-28)16-6-11-26(29)24-14-12-23(13-15-24)22-8-3-4-9-22;/h2,5,7,10,12-15,22H,3-4,6,8-9,11,16-20H2,1H3;1H. The lowest BCUT2D eigenvalue weighted by Crippen LogP contribution is -2.46. The molecule has 0 radical (unpaired) electrons. The molecule has 1 saturated carbocycles. The average molecular weight is 427 g/mol. The molecule has 2 aliphatic rings. The molecular formula is C26H35ClN2O. The molecule has 0 aromatic heterocycles. The molecule has 2 aromatic rings. The topological polar surface area (TPSA) is 23.6 Å². The highest BCUT2D eigenvalue weighted by molar-refractivity contribution is 5.96. The average Bonchev–Trinajstić information content (AvgIpc) is 3.30. The molecule has 4 heteroatoms. The molecule has 162 valence electrons. The fourth-order valence-corrected chi connectivity index (χ4v) is 4.94. The summed E-state index contributed by atoms with van der Waals surface area (Å²) in [6, 6.07) is 17.1. The van der Waals surface area contributed by atoms with E-state index in [1.165, 1.54) is 42.5 Å². The SMILES string of the molecule is Cc1ccccc1N1CCN(CCCC(=O)c2ccc(C3CCCC3)cc2)CC1.Cl. The monoisotopic (exact) mass is 426 g/mol. The van der Waals surface area contributed by atoms with E-state index in [0.717, 1.165) is 50.6 Å². The molecule has 0 spiro atoms. The zero-order valence-corrected chi connectivity index (χ0v) is 19.0. The zero-order valence-electron chi connectivity index (χ0n) is 18.2. The molecule has 0 atom stereocenters. The second-order valence-electron chi connectivity index (χ2n) is 8.75. The van der Waals surface area contributed by atoms with E-state index in [4.69, 9.17) is 0 Å². The summed E-state index contributed by atoms with van der Waals surface area (Å²) in [5, 5.41) is 0. The number of Topliss-reactive ketones (excluding diaryl/α,β-unsaturated/α-hetero) is 1. The Bertz CT molecular complexity index is 806. The number of carbonyl (C=O) groups is 1. The van der Waals surface area contributed by atoms with Crippen molar-refractivity contribution in [2.24, 2.45) is 0 Å². The van der Waals surface area contributed by atoms with Crippen LogP contribution in [0.2, 0.25) is 0 Å². The first-order chi connectivity index (χ1) is 14.2. The van der Waals surface area contributed by atoms with Gasteiger partial charge in [-0.25, -0.2) is 0 Å². The predicted molar refractivity (Wildman–Crippen MR) is 128 cm³/mol. The van der Waals surface area contributed by atoms with E-state index in [0.29, 0.717) is 12.2 Å². The number of aryl methyl sites for hydroxylation is 1. The molecule has 2 fully saturated rings. The third-order valence-electron chi connectivity index (χ3n) is 6.77. The number of anilines is 1. The highest BCUT2D eigenvalue weighted by Crippen LogP contribution is 2.34. The van der Waals surface area contributed by atoms with Gasteiger partial charge in [0.2, 0.25) is 0 Å². The molecule has 30 heavy (non-hydrogen) atoms. The molecule has 0 N–H and O–H groups in total. The number of rotatable bonds is 7. The number of ketones is 1. The highest BCUT2D eigenvalue weighted by atomic mass is 35.5. The van der Waals surface area contributed by atoms with Crippen molar-refractivity contribution in [2.75, 3.05) is 37.6 Å². The first kappa shape index (κ1) is 22.8. The maximum atomic E-state index is 12.6. The lowest BCUT2D eigenvalue weighted by atomic mass is 9.95. The summed E-state index contributed by atoms with van der Waals surface area (Å²) >= 11 is 0. The van der Waals surface area contributed by atoms with Gasteiger partial charge in [-0.05, 0) is 55.8 Å². The molecule has 0 bridgehead atoms. The van der Waals surface area contributed by atoms with Crippen LogP contribution in [-0.4, -0.2) is 43.4 Å². The summed E-state index contributed by atoms with van der Waals surface area (Å²) in [5.74, 6) is 1.01. The highest BCUT2D eigenvalue weighted by Gasteiger charge is 2.19. The fourth-order valence-electron chi connectivity index (χ4n) is 4.94. The van der Waals surface area contributed by atoms with Crippen molar-refractivity contribution in [3.05, 3.63) is 65.2 Å². The van der Waals surface area contributed by atoms with E-state index in [1.54, 1.807) is 0 Å². The van der Waals surface area contributed by atoms with Crippen LogP contribution in [0.3, 0.4) is 0 Å². The van der Waals surface area contributed by atoms with Crippen LogP contribution in [0, 0.1) is 6.92 Å². The normalized spacial score (nSPS) is 17.7. The number of nitrogens with zero attached hydrogens (tertiary/aromatic N) is 2. The molecule has 4 rings (SSSR count). The Morgan fingerprint density at radius 2 is 1.60 bits per heavy atom. The van der Waals surface area contributed by atoms with Crippen molar-refractivity contribution >= 4 is 23.9 Å². The summed E-state index contributed by atoms with van der Waals surface area (Å²) in [6.07, 6.45) is 6.93. The van der Waals surface area contributed by atoms with Gasteiger partial charge in [-0.2, -0.15) is 0 Å². The molecule has 3 nitrogen and oxygen atoms in total. The van der Waals surface area contributed by atoms with Crippen LogP contribution in [-0.2, 0) is 0 Å². The van der Waals surface area contributed by atoms with Gasteiger partial charge in [0.1, 0.15) is 0 Å². The lowest BCUT2D eigenvalue weighted by Gasteiger charge is -2.36. The maximum absolute atomic E-state index is 12.6. The van der Waals surface area contributed by atoms with E-state index >= 15 is 0 Å². The van der Waals surface area contributed by atoms with Gasteiger partial charge in [0.25, 0.3) is 0 Å². The molecule has 0 unspecified atom stereocenters. The largest absolute Gasteiger partial charge is 0.369 e. The van der Waals surface area contributed by atoms with Crippen molar-refractivity contribution in [1.82, 2.24) is 4.90 Å². The molecule has 1 heterocycles. The molecule has 1 saturated heterocycles. The summed E-state index contributed by atoms with van der Waals surface area (Å²) in [6.45, 7) is 7.52. The van der Waals surface area contributed by atoms with E-state index in [1.807, 2.05) is 0 Å². The molecule has 1 aliphatic carbocycles. The van der Waals surface area contributed by atoms with Crippen molar-refractivity contribution in [1.29, 1.82) is 0 Å². The van der Waals surface area contributed by atoms with E-state index in [-0.39, 0.29) is 12.4 Å². The minimum atomic E-state index is 0. The second-order valence-corrected chi connectivity index (χ2v) is 8.75. The Morgan fingerprint density at radius 3 is 2.27 bits per heavy atom. The quantitative estimate of drug-likeness (QED) is 0.518. The Balaban J connectivity index is 0.00000256. The molecular weight excluding hydrogens is 392 g/mol. The third kappa shape index (κ3) is 5.65. The first-order valence-electron chi connectivity index (χ1n) is 11.4. The van der Waals surface area contributed by atoms with Crippen LogP contribution in [0.4, 0.5) is 5.69 Å². The van der Waals surface area contributed by atoms with Crippen LogP contribution in [0.1, 0.15) is 65.9 Å². The minimum Gasteiger partial charge on any atom is -0.369 e. The number of para-hydroxylation sites is 1. The number of hydrogen-bond donors (Lipinski definition) is 0. The van der Waals surface area contributed by atoms with Crippen LogP contribution in [0.25, 0.3) is 0 Å². The Labute approximate surface area is 187 Å². The van der Waals surface area contributed by atoms with Gasteiger partial charge in [-0.15, -0.1) is 12.4 Å². The van der Waals surface area contributed by atoms with Crippen LogP contribution in [0.15, 0.2) is 48.5 Å². The van der Waals surface area contributed by atoms with Crippen molar-refractivity contribution in [3.63, 3.8) is 0 Å². The fraction of sp³-hybridized carbons (Fsp3) is 0.500. The third-order valence-corrected chi connectivity index (χ3v) is 6.77. The summed E-state index contributed by atoms with van der Waals surface area (Å²) < 4.78 is 0. The number of halogens is 1. The van der Waals surface area contributed by atoms with E-state index in [9.17, 15) is 4.79 Å². The minimum absolute atomic E-state index is 0. The molecule has 0 amide bonds. The number of carbonyl (C=O) groups excluding carboxylic acids is 1. The van der Waals surface area contributed by atoms with E-state index < -0.39 is 0 Å². The van der Waals surface area contributed by atoms with E-state index in [2.05, 4.69) is 65.3 Å². The van der Waals surface area contributed by atoms with Crippen LogP contribution >= 0.6 is 12.4 Å². The Hall–Kier alpha value is -1.84. The Morgan fingerprint density at radius 1 is 0.933 bits per heavy atom. The zero-order chi connectivity index (χ0) is 20.1. The van der Waals surface area contributed by atoms with Gasteiger partial charge in [-0.1, -0.05) is 55.3 Å². The van der Waals surface area contributed by atoms with Gasteiger partial charge in [0.05, 0.1) is 0 Å². The smallest absolute Gasteiger partial charge is 0.162 e. The van der Waals surface area contributed by atoms with Crippen LogP contribution < -0.4 is 4.90 Å². The number of benzene rings is 2. The van der Waals surface area contributed by atoms with Crippen molar-refractivity contribution in [3.8, 4) is 0 Å². The summed E-state index contributed by atoms with van der Waals surface area (Å²) in [7, 11) is 0. The maximum Gasteiger partial charge on any atom is 0.162 e. The lowest BCUT2D eigenvalue weighted by molar-refractivity contribution is 0.0974. The predicted octanol–water partition coefficient (Wildman–Crippen LogP) is 5.86. The number of hydrogen-bond acceptors (Lipinski definition) is 3. The second kappa shape index (κ2) is 11.0. The van der Waals surface area contributed by atoms with Crippen molar-refractivity contribution in [2.45, 2.75) is 51.4 Å². The van der Waals surface area contributed by atoms with Gasteiger partial charge in [0.15, 0.2) is 5.78 Å². The van der Waals surface area contributed by atoms with Gasteiger partial charge >= 0.3 is 0 Å². The van der Waals surface area contributed by atoms with Crippen molar-refractivity contribution < 1.29 is 4.79 Å². The van der Waals surface area contributed by atoms with Crippen LogP contribution in [0.5, 0.6) is 0 Å². The molecule has 2 aromatic carbocycles.